The molecule has 0 unspecified atom stereocenters. The zero-order valence-corrected chi connectivity index (χ0v) is 14.3. The predicted octanol–water partition coefficient (Wildman–Crippen LogP) is 4.10. The Hall–Kier alpha value is -0.860. The second-order valence-corrected chi connectivity index (χ2v) is 7.70. The maximum atomic E-state index is 11.7. The third kappa shape index (κ3) is 9.11. The van der Waals surface area contributed by atoms with Gasteiger partial charge < -0.3 is 5.32 Å². The smallest absolute Gasteiger partial charge is 0.225 e. The predicted molar refractivity (Wildman–Crippen MR) is 84.6 cm³/mol. The number of ketones is 1. The molecule has 0 aliphatic heterocycles. The Morgan fingerprint density at radius 3 is 1.75 bits per heavy atom. The minimum absolute atomic E-state index is 0.119. The van der Waals surface area contributed by atoms with Crippen LogP contribution in [0.2, 0.25) is 0 Å². The maximum Gasteiger partial charge on any atom is 0.225 e. The van der Waals surface area contributed by atoms with Crippen LogP contribution in [0.3, 0.4) is 0 Å². The van der Waals surface area contributed by atoms with E-state index in [4.69, 9.17) is 0 Å². The summed E-state index contributed by atoms with van der Waals surface area (Å²) in [7, 11) is 0. The molecule has 0 bridgehead atoms. The summed E-state index contributed by atoms with van der Waals surface area (Å²) in [5.41, 5.74) is -0.495. The second kappa shape index (κ2) is 8.43. The van der Waals surface area contributed by atoms with Gasteiger partial charge >= 0.3 is 0 Å². The minimum Gasteiger partial charge on any atom is -0.356 e. The molecule has 0 rings (SSSR count). The van der Waals surface area contributed by atoms with E-state index in [1.807, 2.05) is 41.5 Å². The molecular formula is C17H33NO2. The van der Waals surface area contributed by atoms with Gasteiger partial charge in [-0.05, 0) is 12.8 Å². The second-order valence-electron chi connectivity index (χ2n) is 7.70. The van der Waals surface area contributed by atoms with E-state index in [1.165, 1.54) is 0 Å². The Kier molecular flexibility index (Phi) is 8.07. The molecule has 1 amide bonds. The summed E-state index contributed by atoms with van der Waals surface area (Å²) in [5.74, 6) is 0.475. The van der Waals surface area contributed by atoms with Gasteiger partial charge in [0.1, 0.15) is 5.78 Å². The molecule has 0 heterocycles. The summed E-state index contributed by atoms with van der Waals surface area (Å²) < 4.78 is 0. The summed E-state index contributed by atoms with van der Waals surface area (Å²) in [5, 5.41) is 2.96. The molecule has 0 radical (unpaired) electrons. The molecule has 0 fully saturated rings. The van der Waals surface area contributed by atoms with Crippen LogP contribution in [0, 0.1) is 10.8 Å². The van der Waals surface area contributed by atoms with Crippen LogP contribution >= 0.6 is 0 Å². The number of hydrogen-bond acceptors (Lipinski definition) is 2. The molecule has 3 nitrogen and oxygen atoms in total. The average Bonchev–Trinajstić information content (AvgIpc) is 2.29. The first-order chi connectivity index (χ1) is 9.05. The zero-order chi connectivity index (χ0) is 15.8. The Morgan fingerprint density at radius 1 is 0.750 bits per heavy atom. The number of unbranched alkanes of at least 4 members (excludes halogenated alkanes) is 4. The Balaban J connectivity index is 3.47. The van der Waals surface area contributed by atoms with Crippen molar-refractivity contribution in [3.8, 4) is 0 Å². The molecule has 0 spiro atoms. The number of Topliss-reactive ketones (excluding diaryl/α,β-unsaturated/α-hetero) is 1. The molecule has 3 heteroatoms. The fourth-order valence-electron chi connectivity index (χ4n) is 1.78. The Bertz CT molecular complexity index is 276. The van der Waals surface area contributed by atoms with E-state index in [9.17, 15) is 9.59 Å². The highest BCUT2D eigenvalue weighted by Gasteiger charge is 2.20. The molecule has 0 saturated heterocycles. The quantitative estimate of drug-likeness (QED) is 0.682. The van der Waals surface area contributed by atoms with E-state index >= 15 is 0 Å². The van der Waals surface area contributed by atoms with Crippen molar-refractivity contribution in [1.82, 2.24) is 5.32 Å². The highest BCUT2D eigenvalue weighted by Crippen LogP contribution is 2.19. The Morgan fingerprint density at radius 2 is 1.25 bits per heavy atom. The highest BCUT2D eigenvalue weighted by atomic mass is 16.2. The topological polar surface area (TPSA) is 46.2 Å². The standard InChI is InChI=1S/C17H33NO2/c1-16(2,3)14(19)12-10-8-7-9-11-13-18-15(20)17(4,5)6/h7-13H2,1-6H3,(H,18,20). The molecule has 20 heavy (non-hydrogen) atoms. The highest BCUT2D eigenvalue weighted by molar-refractivity contribution is 5.83. The SMILES string of the molecule is CC(C)(C)C(=O)CCCCCCCNC(=O)C(C)(C)C. The van der Waals surface area contributed by atoms with Crippen molar-refractivity contribution in [3.05, 3.63) is 0 Å². The number of carbonyl (C=O) groups is 2. The van der Waals surface area contributed by atoms with Crippen LogP contribution in [0.4, 0.5) is 0 Å². The van der Waals surface area contributed by atoms with Crippen LogP contribution in [0.15, 0.2) is 0 Å². The molecule has 1 N–H and O–H groups in total. The van der Waals surface area contributed by atoms with Gasteiger partial charge in [0.2, 0.25) is 5.91 Å². The molecule has 0 saturated carbocycles. The summed E-state index contributed by atoms with van der Waals surface area (Å²) in [6.07, 6.45) is 6.08. The number of rotatable bonds is 8. The van der Waals surface area contributed by atoms with E-state index < -0.39 is 0 Å². The number of nitrogens with one attached hydrogen (secondary N) is 1. The molecule has 0 aliphatic rings. The van der Waals surface area contributed by atoms with Gasteiger partial charge in [-0.1, -0.05) is 60.8 Å². The third-order valence-electron chi connectivity index (χ3n) is 3.38. The molecule has 0 aromatic heterocycles. The summed E-state index contributed by atoms with van der Waals surface area (Å²) in [6, 6.07) is 0. The maximum absolute atomic E-state index is 11.7. The van der Waals surface area contributed by atoms with Crippen LogP contribution in [-0.2, 0) is 9.59 Å². The zero-order valence-electron chi connectivity index (χ0n) is 14.3. The normalized spacial score (nSPS) is 12.3. The third-order valence-corrected chi connectivity index (χ3v) is 3.38. The molecule has 0 aliphatic carbocycles. The van der Waals surface area contributed by atoms with Gasteiger partial charge in [0.05, 0.1) is 0 Å². The van der Waals surface area contributed by atoms with Gasteiger partial charge in [-0.3, -0.25) is 9.59 Å². The van der Waals surface area contributed by atoms with Crippen LogP contribution in [0.1, 0.15) is 80.1 Å². The number of amides is 1. The van der Waals surface area contributed by atoms with Crippen molar-refractivity contribution < 1.29 is 9.59 Å². The fraction of sp³-hybridized carbons (Fsp3) is 0.882. The number of hydrogen-bond donors (Lipinski definition) is 1. The van der Waals surface area contributed by atoms with Gasteiger partial charge in [0.25, 0.3) is 0 Å². The molecule has 118 valence electrons. The monoisotopic (exact) mass is 283 g/mol. The van der Waals surface area contributed by atoms with Gasteiger partial charge in [-0.15, -0.1) is 0 Å². The van der Waals surface area contributed by atoms with E-state index in [2.05, 4.69) is 5.32 Å². The first-order valence-electron chi connectivity index (χ1n) is 7.87. The van der Waals surface area contributed by atoms with E-state index in [-0.39, 0.29) is 16.7 Å². The van der Waals surface area contributed by atoms with E-state index in [1.54, 1.807) is 0 Å². The summed E-state index contributed by atoms with van der Waals surface area (Å²) in [6.45, 7) is 12.5. The van der Waals surface area contributed by atoms with Gasteiger partial charge in [0, 0.05) is 23.8 Å². The lowest BCUT2D eigenvalue weighted by Crippen LogP contribution is -2.35. The number of carbonyl (C=O) groups excluding carboxylic acids is 2. The van der Waals surface area contributed by atoms with E-state index in [0.29, 0.717) is 12.2 Å². The van der Waals surface area contributed by atoms with Gasteiger partial charge in [0.15, 0.2) is 0 Å². The van der Waals surface area contributed by atoms with Crippen LogP contribution in [0.25, 0.3) is 0 Å². The van der Waals surface area contributed by atoms with Crippen LogP contribution < -0.4 is 5.32 Å². The molecule has 0 aromatic carbocycles. The van der Waals surface area contributed by atoms with Crippen molar-refractivity contribution in [3.63, 3.8) is 0 Å². The molecular weight excluding hydrogens is 250 g/mol. The van der Waals surface area contributed by atoms with E-state index in [0.717, 1.165) is 38.6 Å². The van der Waals surface area contributed by atoms with Crippen molar-refractivity contribution in [2.45, 2.75) is 80.1 Å². The first kappa shape index (κ1) is 19.1. The van der Waals surface area contributed by atoms with Crippen LogP contribution in [0.5, 0.6) is 0 Å². The van der Waals surface area contributed by atoms with Gasteiger partial charge in [-0.25, -0.2) is 0 Å². The van der Waals surface area contributed by atoms with Gasteiger partial charge in [-0.2, -0.15) is 0 Å². The Labute approximate surface area is 124 Å². The van der Waals surface area contributed by atoms with Crippen molar-refractivity contribution in [2.75, 3.05) is 6.54 Å². The summed E-state index contributed by atoms with van der Waals surface area (Å²) >= 11 is 0. The summed E-state index contributed by atoms with van der Waals surface area (Å²) in [4.78, 5) is 23.3. The lowest BCUT2D eigenvalue weighted by atomic mass is 9.88. The van der Waals surface area contributed by atoms with Crippen LogP contribution in [-0.4, -0.2) is 18.2 Å². The van der Waals surface area contributed by atoms with Crippen molar-refractivity contribution in [1.29, 1.82) is 0 Å². The molecule has 0 atom stereocenters. The first-order valence-corrected chi connectivity index (χ1v) is 7.87. The lowest BCUT2D eigenvalue weighted by molar-refractivity contribution is -0.128. The fourth-order valence-corrected chi connectivity index (χ4v) is 1.78. The largest absolute Gasteiger partial charge is 0.356 e. The average molecular weight is 283 g/mol. The van der Waals surface area contributed by atoms with Crippen molar-refractivity contribution in [2.24, 2.45) is 10.8 Å². The minimum atomic E-state index is -0.298. The lowest BCUT2D eigenvalue weighted by Gasteiger charge is -2.17. The molecule has 0 aromatic rings. The van der Waals surface area contributed by atoms with Crippen molar-refractivity contribution >= 4 is 11.7 Å².